The van der Waals surface area contributed by atoms with Gasteiger partial charge >= 0.3 is 5.97 Å². The van der Waals surface area contributed by atoms with Gasteiger partial charge in [0.15, 0.2) is 0 Å². The summed E-state index contributed by atoms with van der Waals surface area (Å²) < 4.78 is 5.09. The van der Waals surface area contributed by atoms with Gasteiger partial charge in [-0.2, -0.15) is 11.8 Å². The molecule has 1 aliphatic rings. The van der Waals surface area contributed by atoms with Crippen LogP contribution in [0.1, 0.15) is 59.3 Å². The number of unbranched alkanes of at least 4 members (excludes halogenated alkanes) is 2. The van der Waals surface area contributed by atoms with Crippen LogP contribution in [0.2, 0.25) is 0 Å². The maximum Gasteiger partial charge on any atom is 0.316 e. The van der Waals surface area contributed by atoms with E-state index in [2.05, 4.69) is 6.92 Å². The molecule has 0 bridgehead atoms. The van der Waals surface area contributed by atoms with Crippen LogP contribution >= 0.6 is 23.5 Å². The number of carbonyl (C=O) groups excluding carboxylic acids is 2. The Bertz CT molecular complexity index is 495. The van der Waals surface area contributed by atoms with Crippen molar-refractivity contribution in [1.29, 1.82) is 0 Å². The van der Waals surface area contributed by atoms with Gasteiger partial charge in [0.2, 0.25) is 0 Å². The third-order valence-electron chi connectivity index (χ3n) is 4.50. The number of Topliss-reactive ketones (excluding diaryl/α,β-unsaturated/α-hetero) is 1. The molecular formula is C21H36O5S2. The average Bonchev–Trinajstić information content (AvgIpc) is 2.88. The predicted octanol–water partition coefficient (Wildman–Crippen LogP) is 3.61. The second kappa shape index (κ2) is 14.5. The molecule has 0 heterocycles. The minimum absolute atomic E-state index is 0.0841. The number of ketones is 1. The van der Waals surface area contributed by atoms with Crippen LogP contribution in [0.25, 0.3) is 0 Å². The van der Waals surface area contributed by atoms with E-state index >= 15 is 0 Å². The van der Waals surface area contributed by atoms with Gasteiger partial charge in [0, 0.05) is 12.3 Å². The molecule has 0 aromatic carbocycles. The summed E-state index contributed by atoms with van der Waals surface area (Å²) in [5.74, 6) is 1.65. The van der Waals surface area contributed by atoms with Gasteiger partial charge in [-0.1, -0.05) is 38.3 Å². The van der Waals surface area contributed by atoms with Crippen molar-refractivity contribution in [1.82, 2.24) is 0 Å². The molecule has 5 nitrogen and oxygen atoms in total. The number of rotatable bonds is 14. The summed E-state index contributed by atoms with van der Waals surface area (Å²) in [6.45, 7) is 5.79. The van der Waals surface area contributed by atoms with E-state index in [4.69, 9.17) is 4.74 Å². The molecule has 2 N–H and O–H groups in total. The summed E-state index contributed by atoms with van der Waals surface area (Å²) in [6.07, 6.45) is 7.30. The van der Waals surface area contributed by atoms with Crippen molar-refractivity contribution >= 4 is 35.3 Å². The van der Waals surface area contributed by atoms with E-state index in [9.17, 15) is 19.8 Å². The van der Waals surface area contributed by atoms with Gasteiger partial charge in [-0.3, -0.25) is 9.59 Å². The van der Waals surface area contributed by atoms with Crippen molar-refractivity contribution in [3.05, 3.63) is 12.2 Å². The molecule has 0 aromatic rings. The molecule has 28 heavy (non-hydrogen) atoms. The number of hydrogen-bond donors (Lipinski definition) is 2. The molecular weight excluding hydrogens is 396 g/mol. The smallest absolute Gasteiger partial charge is 0.316 e. The molecule has 1 rings (SSSR count). The van der Waals surface area contributed by atoms with Crippen LogP contribution in [0.5, 0.6) is 0 Å². The van der Waals surface area contributed by atoms with Crippen molar-refractivity contribution in [2.45, 2.75) is 82.9 Å². The molecule has 1 aliphatic carbocycles. The van der Waals surface area contributed by atoms with Crippen molar-refractivity contribution in [3.63, 3.8) is 0 Å². The lowest BCUT2D eigenvalue weighted by atomic mass is 10.0. The van der Waals surface area contributed by atoms with Crippen molar-refractivity contribution < 1.29 is 24.5 Å². The summed E-state index contributed by atoms with van der Waals surface area (Å²) in [5.41, 5.74) is 0. The first-order valence-electron chi connectivity index (χ1n) is 10.3. The van der Waals surface area contributed by atoms with E-state index in [1.165, 1.54) is 0 Å². The number of hydrogen-bond acceptors (Lipinski definition) is 7. The van der Waals surface area contributed by atoms with Crippen molar-refractivity contribution in [2.24, 2.45) is 5.92 Å². The number of ether oxygens (including phenoxy) is 1. The summed E-state index contributed by atoms with van der Waals surface area (Å²) in [7, 11) is 0. The Labute approximate surface area is 178 Å². The zero-order chi connectivity index (χ0) is 20.9. The van der Waals surface area contributed by atoms with E-state index in [0.717, 1.165) is 43.6 Å². The number of aliphatic hydroxyl groups is 2. The molecule has 0 aromatic heterocycles. The first-order chi connectivity index (χ1) is 13.3. The molecule has 1 saturated carbocycles. The Morgan fingerprint density at radius 2 is 2.04 bits per heavy atom. The van der Waals surface area contributed by atoms with Gasteiger partial charge in [-0.25, -0.2) is 0 Å². The van der Waals surface area contributed by atoms with E-state index in [0.29, 0.717) is 5.75 Å². The van der Waals surface area contributed by atoms with Gasteiger partial charge in [0.25, 0.3) is 0 Å². The minimum Gasteiger partial charge on any atom is -0.462 e. The van der Waals surface area contributed by atoms with E-state index in [1.807, 2.05) is 19.9 Å². The number of esters is 1. The Hall–Kier alpha value is -0.500. The number of carbonyl (C=O) groups is 2. The quantitative estimate of drug-likeness (QED) is 0.246. The van der Waals surface area contributed by atoms with Crippen LogP contribution < -0.4 is 0 Å². The summed E-state index contributed by atoms with van der Waals surface area (Å²) >= 11 is 3.12. The summed E-state index contributed by atoms with van der Waals surface area (Å²) in [4.78, 5) is 23.7. The molecule has 0 unspecified atom stereocenters. The SMILES string of the molecule is CCCCC[C@H](O)C=C[C@H]1[C@H](O)CC(=O)[C@@H]1SCCCSCC(=O)OC(C)C. The van der Waals surface area contributed by atoms with Gasteiger partial charge in [-0.05, 0) is 38.2 Å². The molecule has 0 aliphatic heterocycles. The van der Waals surface area contributed by atoms with Crippen LogP contribution in [0.15, 0.2) is 12.2 Å². The molecule has 162 valence electrons. The first-order valence-corrected chi connectivity index (χ1v) is 12.5. The van der Waals surface area contributed by atoms with Gasteiger partial charge in [0.1, 0.15) is 5.78 Å². The highest BCUT2D eigenvalue weighted by Gasteiger charge is 2.40. The van der Waals surface area contributed by atoms with Gasteiger partial charge in [0.05, 0.1) is 29.3 Å². The summed E-state index contributed by atoms with van der Waals surface area (Å²) in [5, 5.41) is 20.0. The predicted molar refractivity (Wildman–Crippen MR) is 118 cm³/mol. The molecule has 0 amide bonds. The molecule has 1 fully saturated rings. The topological polar surface area (TPSA) is 83.8 Å². The molecule has 0 saturated heterocycles. The first kappa shape index (κ1) is 25.5. The second-order valence-corrected chi connectivity index (χ2v) is 9.85. The standard InChI is InChI=1S/C21H36O5S2/c1-4-5-6-8-16(22)9-10-17-18(23)13-19(24)21(17)28-12-7-11-27-14-20(25)26-15(2)3/h9-10,15-18,21-23H,4-8,11-14H2,1-3H3/t16-,17-,18+,21+/m0/s1. The third-order valence-corrected chi connectivity index (χ3v) is 6.98. The van der Waals surface area contributed by atoms with Crippen LogP contribution in [-0.2, 0) is 14.3 Å². The van der Waals surface area contributed by atoms with Crippen molar-refractivity contribution in [2.75, 3.05) is 17.3 Å². The highest BCUT2D eigenvalue weighted by Crippen LogP contribution is 2.34. The molecule has 4 atom stereocenters. The van der Waals surface area contributed by atoms with Gasteiger partial charge < -0.3 is 14.9 Å². The van der Waals surface area contributed by atoms with E-state index < -0.39 is 12.2 Å². The largest absolute Gasteiger partial charge is 0.462 e. The summed E-state index contributed by atoms with van der Waals surface area (Å²) in [6, 6.07) is 0. The molecule has 7 heteroatoms. The zero-order valence-electron chi connectivity index (χ0n) is 17.3. The fourth-order valence-corrected chi connectivity index (χ4v) is 5.34. The Morgan fingerprint density at radius 3 is 2.71 bits per heavy atom. The third kappa shape index (κ3) is 10.3. The Kier molecular flexibility index (Phi) is 13.2. The fourth-order valence-electron chi connectivity index (χ4n) is 3.09. The lowest BCUT2D eigenvalue weighted by Crippen LogP contribution is -2.22. The van der Waals surface area contributed by atoms with Crippen LogP contribution in [0, 0.1) is 5.92 Å². The maximum atomic E-state index is 12.2. The second-order valence-electron chi connectivity index (χ2n) is 7.50. The van der Waals surface area contributed by atoms with Crippen molar-refractivity contribution in [3.8, 4) is 0 Å². The Morgan fingerprint density at radius 1 is 1.29 bits per heavy atom. The fraction of sp³-hybridized carbons (Fsp3) is 0.810. The number of aliphatic hydroxyl groups excluding tert-OH is 2. The lowest BCUT2D eigenvalue weighted by Gasteiger charge is -2.17. The monoisotopic (exact) mass is 432 g/mol. The van der Waals surface area contributed by atoms with Gasteiger partial charge in [-0.15, -0.1) is 11.8 Å². The van der Waals surface area contributed by atoms with Crippen LogP contribution in [0.3, 0.4) is 0 Å². The average molecular weight is 433 g/mol. The van der Waals surface area contributed by atoms with E-state index in [-0.39, 0.29) is 35.4 Å². The van der Waals surface area contributed by atoms with E-state index in [1.54, 1.807) is 29.6 Å². The Balaban J connectivity index is 2.33. The lowest BCUT2D eigenvalue weighted by molar-refractivity contribution is -0.144. The maximum absolute atomic E-state index is 12.2. The molecule has 0 radical (unpaired) electrons. The zero-order valence-corrected chi connectivity index (χ0v) is 19.0. The molecule has 0 spiro atoms. The highest BCUT2D eigenvalue weighted by molar-refractivity contribution is 8.01. The minimum atomic E-state index is -0.663. The normalized spacial score (nSPS) is 23.6. The van der Waals surface area contributed by atoms with Crippen LogP contribution in [0.4, 0.5) is 0 Å². The van der Waals surface area contributed by atoms with Crippen LogP contribution in [-0.4, -0.2) is 62.8 Å². The highest BCUT2D eigenvalue weighted by atomic mass is 32.2. The number of thioether (sulfide) groups is 2.